The Morgan fingerprint density at radius 3 is 2.52 bits per heavy atom. The van der Waals surface area contributed by atoms with Crippen LogP contribution in [0, 0.1) is 11.3 Å². The molecule has 126 valence electrons. The molecule has 1 atom stereocenters. The number of carbonyl (C=O) groups excluding carboxylic acids is 1. The van der Waals surface area contributed by atoms with Crippen molar-refractivity contribution in [1.29, 1.82) is 0 Å². The number of hydrogen-bond donors (Lipinski definition) is 2. The van der Waals surface area contributed by atoms with E-state index in [9.17, 15) is 4.79 Å². The van der Waals surface area contributed by atoms with Gasteiger partial charge < -0.3 is 10.3 Å². The highest BCUT2D eigenvalue weighted by atomic mass is 16.1. The van der Waals surface area contributed by atoms with Gasteiger partial charge in [-0.2, -0.15) is 0 Å². The van der Waals surface area contributed by atoms with E-state index in [1.54, 1.807) is 0 Å². The average Bonchev–Trinajstić information content (AvgIpc) is 2.85. The molecule has 1 amide bonds. The molecule has 23 heavy (non-hydrogen) atoms. The van der Waals surface area contributed by atoms with Crippen LogP contribution in [0.3, 0.4) is 0 Å². The lowest BCUT2D eigenvalue weighted by Gasteiger charge is -2.32. The molecule has 2 aromatic rings. The van der Waals surface area contributed by atoms with Gasteiger partial charge in [-0.05, 0) is 35.8 Å². The summed E-state index contributed by atoms with van der Waals surface area (Å²) in [6, 6.07) is 8.33. The number of nitrogens with one attached hydrogen (secondary N) is 2. The maximum Gasteiger partial charge on any atom is 0.224 e. The molecule has 2 rings (SSSR count). The van der Waals surface area contributed by atoms with Crippen LogP contribution in [-0.2, 0) is 11.2 Å². The highest BCUT2D eigenvalue weighted by Crippen LogP contribution is 2.25. The topological polar surface area (TPSA) is 44.9 Å². The smallest absolute Gasteiger partial charge is 0.224 e. The largest absolute Gasteiger partial charge is 0.361 e. The van der Waals surface area contributed by atoms with Crippen molar-refractivity contribution < 1.29 is 4.79 Å². The minimum Gasteiger partial charge on any atom is -0.361 e. The highest BCUT2D eigenvalue weighted by molar-refractivity contribution is 5.88. The minimum atomic E-state index is 0.0742. The van der Waals surface area contributed by atoms with Crippen molar-refractivity contribution in [3.05, 3.63) is 36.0 Å². The lowest BCUT2D eigenvalue weighted by Crippen LogP contribution is -2.44. The van der Waals surface area contributed by atoms with Crippen LogP contribution in [0.2, 0.25) is 0 Å². The summed E-state index contributed by atoms with van der Waals surface area (Å²) in [5.41, 5.74) is 2.22. The zero-order valence-electron chi connectivity index (χ0n) is 15.1. The summed E-state index contributed by atoms with van der Waals surface area (Å²) in [5.74, 6) is 0.767. The fourth-order valence-corrected chi connectivity index (χ4v) is 2.92. The first kappa shape index (κ1) is 17.6. The summed E-state index contributed by atoms with van der Waals surface area (Å²) in [4.78, 5) is 15.8. The first-order valence-electron chi connectivity index (χ1n) is 8.61. The maximum absolute atomic E-state index is 12.5. The maximum atomic E-state index is 12.5. The van der Waals surface area contributed by atoms with E-state index in [-0.39, 0.29) is 17.4 Å². The van der Waals surface area contributed by atoms with E-state index >= 15 is 0 Å². The average molecular weight is 314 g/mol. The summed E-state index contributed by atoms with van der Waals surface area (Å²) in [6.45, 7) is 11.1. The van der Waals surface area contributed by atoms with Crippen molar-refractivity contribution in [3.63, 3.8) is 0 Å². The zero-order valence-corrected chi connectivity index (χ0v) is 15.1. The van der Waals surface area contributed by atoms with Crippen molar-refractivity contribution in [2.75, 3.05) is 0 Å². The van der Waals surface area contributed by atoms with Gasteiger partial charge in [0.25, 0.3) is 0 Å². The zero-order chi connectivity index (χ0) is 17.0. The number of benzene rings is 1. The Bertz CT molecular complexity index is 649. The molecule has 0 aliphatic carbocycles. The molecular formula is C20H30N2O. The van der Waals surface area contributed by atoms with E-state index in [1.807, 2.05) is 24.4 Å². The van der Waals surface area contributed by atoms with Crippen molar-refractivity contribution in [3.8, 4) is 0 Å². The molecule has 1 aromatic carbocycles. The number of carbonyl (C=O) groups is 1. The highest BCUT2D eigenvalue weighted by Gasteiger charge is 2.26. The summed E-state index contributed by atoms with van der Waals surface area (Å²) >= 11 is 0. The second-order valence-electron chi connectivity index (χ2n) is 7.99. The molecule has 0 saturated carbocycles. The number of H-pyrrole nitrogens is 1. The molecule has 1 unspecified atom stereocenters. The van der Waals surface area contributed by atoms with Gasteiger partial charge in [0.15, 0.2) is 0 Å². The van der Waals surface area contributed by atoms with Gasteiger partial charge in [0, 0.05) is 23.1 Å². The van der Waals surface area contributed by atoms with Gasteiger partial charge in [0.05, 0.1) is 6.42 Å². The number of rotatable bonds is 6. The normalized spacial score (nSPS) is 13.5. The fourth-order valence-electron chi connectivity index (χ4n) is 2.92. The van der Waals surface area contributed by atoms with Gasteiger partial charge in [-0.1, -0.05) is 52.8 Å². The monoisotopic (exact) mass is 314 g/mol. The third kappa shape index (κ3) is 4.85. The molecule has 1 aromatic heterocycles. The van der Waals surface area contributed by atoms with E-state index in [0.29, 0.717) is 12.3 Å². The Morgan fingerprint density at radius 1 is 1.17 bits per heavy atom. The van der Waals surface area contributed by atoms with Gasteiger partial charge >= 0.3 is 0 Å². The Labute approximate surface area is 139 Å². The van der Waals surface area contributed by atoms with Crippen molar-refractivity contribution in [2.45, 2.75) is 59.9 Å². The van der Waals surface area contributed by atoms with Crippen LogP contribution in [0.4, 0.5) is 0 Å². The Balaban J connectivity index is 2.04. The molecule has 2 N–H and O–H groups in total. The summed E-state index contributed by atoms with van der Waals surface area (Å²) in [7, 11) is 0. The minimum absolute atomic E-state index is 0.0742. The van der Waals surface area contributed by atoms with Gasteiger partial charge in [0.1, 0.15) is 0 Å². The van der Waals surface area contributed by atoms with Crippen molar-refractivity contribution >= 4 is 16.8 Å². The van der Waals surface area contributed by atoms with Crippen LogP contribution in [0.1, 0.15) is 53.0 Å². The fraction of sp³-hybridized carbons (Fsp3) is 0.550. The Hall–Kier alpha value is -1.77. The second kappa shape index (κ2) is 7.20. The standard InChI is InChI=1S/C20H30N2O/c1-14(2)10-11-18(20(3,4)5)22-19(23)12-15-13-21-17-9-7-6-8-16(15)17/h6-9,13-14,18,21H,10-12H2,1-5H3,(H,22,23). The van der Waals surface area contributed by atoms with Gasteiger partial charge in [-0.3, -0.25) is 4.79 Å². The van der Waals surface area contributed by atoms with Crippen LogP contribution >= 0.6 is 0 Å². The molecule has 0 radical (unpaired) electrons. The van der Waals surface area contributed by atoms with Crippen LogP contribution in [-0.4, -0.2) is 16.9 Å². The predicted octanol–water partition coefficient (Wildman–Crippen LogP) is 4.68. The van der Waals surface area contributed by atoms with E-state index in [0.717, 1.165) is 29.3 Å². The molecule has 0 fully saturated rings. The number of hydrogen-bond acceptors (Lipinski definition) is 1. The predicted molar refractivity (Wildman–Crippen MR) is 97.5 cm³/mol. The number of aromatic nitrogens is 1. The van der Waals surface area contributed by atoms with E-state index < -0.39 is 0 Å². The van der Waals surface area contributed by atoms with Crippen LogP contribution < -0.4 is 5.32 Å². The van der Waals surface area contributed by atoms with E-state index in [4.69, 9.17) is 0 Å². The summed E-state index contributed by atoms with van der Waals surface area (Å²) < 4.78 is 0. The lowest BCUT2D eigenvalue weighted by molar-refractivity contribution is -0.122. The lowest BCUT2D eigenvalue weighted by atomic mass is 9.82. The van der Waals surface area contributed by atoms with Crippen LogP contribution in [0.25, 0.3) is 10.9 Å². The molecule has 0 bridgehead atoms. The molecule has 0 saturated heterocycles. The number of aromatic amines is 1. The Kier molecular flexibility index (Phi) is 5.51. The van der Waals surface area contributed by atoms with Gasteiger partial charge in [-0.15, -0.1) is 0 Å². The quantitative estimate of drug-likeness (QED) is 0.799. The molecular weight excluding hydrogens is 284 g/mol. The van der Waals surface area contributed by atoms with Crippen LogP contribution in [0.5, 0.6) is 0 Å². The first-order chi connectivity index (χ1) is 10.8. The molecule has 3 heteroatoms. The van der Waals surface area contributed by atoms with Gasteiger partial charge in [0.2, 0.25) is 5.91 Å². The van der Waals surface area contributed by atoms with Crippen molar-refractivity contribution in [2.24, 2.45) is 11.3 Å². The molecule has 1 heterocycles. The van der Waals surface area contributed by atoms with E-state index in [2.05, 4.69) is 51.0 Å². The number of fused-ring (bicyclic) bond motifs is 1. The number of para-hydroxylation sites is 1. The van der Waals surface area contributed by atoms with Gasteiger partial charge in [-0.25, -0.2) is 0 Å². The molecule has 0 spiro atoms. The first-order valence-corrected chi connectivity index (χ1v) is 8.61. The molecule has 3 nitrogen and oxygen atoms in total. The third-order valence-electron chi connectivity index (χ3n) is 4.44. The second-order valence-corrected chi connectivity index (χ2v) is 7.99. The molecule has 0 aliphatic heterocycles. The molecule has 0 aliphatic rings. The summed E-state index contributed by atoms with van der Waals surface area (Å²) in [6.07, 6.45) is 4.54. The SMILES string of the molecule is CC(C)CCC(NC(=O)Cc1c[nH]c2ccccc12)C(C)(C)C. The summed E-state index contributed by atoms with van der Waals surface area (Å²) in [5, 5.41) is 4.40. The van der Waals surface area contributed by atoms with Crippen LogP contribution in [0.15, 0.2) is 30.5 Å². The Morgan fingerprint density at radius 2 is 1.87 bits per heavy atom. The number of amides is 1. The van der Waals surface area contributed by atoms with Crippen molar-refractivity contribution in [1.82, 2.24) is 10.3 Å². The third-order valence-corrected chi connectivity index (χ3v) is 4.44. The van der Waals surface area contributed by atoms with E-state index in [1.165, 1.54) is 0 Å².